The molecule has 3 aromatic rings. The van der Waals surface area contributed by atoms with Crippen LogP contribution < -0.4 is 0 Å². The Kier molecular flexibility index (Phi) is 3.50. The minimum atomic E-state index is -0.205. The van der Waals surface area contributed by atoms with Gasteiger partial charge in [0.2, 0.25) is 0 Å². The number of nitrogens with zero attached hydrogens (tertiary/aromatic N) is 2. The van der Waals surface area contributed by atoms with Crippen molar-refractivity contribution < 1.29 is 4.39 Å². The monoisotopic (exact) mass is 306 g/mol. The van der Waals surface area contributed by atoms with E-state index in [9.17, 15) is 4.39 Å². The zero-order valence-corrected chi connectivity index (χ0v) is 13.2. The first-order chi connectivity index (χ1) is 11.2. The highest BCUT2D eigenvalue weighted by Crippen LogP contribution is 2.32. The van der Waals surface area contributed by atoms with Crippen LogP contribution in [0.2, 0.25) is 0 Å². The van der Waals surface area contributed by atoms with Crippen LogP contribution in [0.15, 0.2) is 60.8 Å². The topological polar surface area (TPSA) is 8.17 Å². The van der Waals surface area contributed by atoms with Crippen molar-refractivity contribution in [2.24, 2.45) is 0 Å². The van der Waals surface area contributed by atoms with Crippen molar-refractivity contribution in [3.8, 4) is 5.69 Å². The largest absolute Gasteiger partial charge is 0.316 e. The SMILES string of the molecule is CN1CC=C(c2cn(-c3ccc(F)cc3)c3ccccc23)CC1. The Labute approximate surface area is 135 Å². The highest BCUT2D eigenvalue weighted by molar-refractivity contribution is 5.94. The van der Waals surface area contributed by atoms with E-state index in [1.54, 1.807) is 0 Å². The quantitative estimate of drug-likeness (QED) is 0.677. The van der Waals surface area contributed by atoms with Gasteiger partial charge in [-0.1, -0.05) is 24.3 Å². The molecule has 4 rings (SSSR count). The number of hydrogen-bond donors (Lipinski definition) is 0. The molecule has 116 valence electrons. The van der Waals surface area contributed by atoms with Gasteiger partial charge in [-0.15, -0.1) is 0 Å². The van der Waals surface area contributed by atoms with Crippen LogP contribution in [-0.4, -0.2) is 29.6 Å². The van der Waals surface area contributed by atoms with Gasteiger partial charge in [-0.2, -0.15) is 0 Å². The second kappa shape index (κ2) is 5.67. The van der Waals surface area contributed by atoms with Gasteiger partial charge < -0.3 is 9.47 Å². The molecule has 0 bridgehead atoms. The van der Waals surface area contributed by atoms with E-state index in [1.165, 1.54) is 28.7 Å². The van der Waals surface area contributed by atoms with Gasteiger partial charge >= 0.3 is 0 Å². The van der Waals surface area contributed by atoms with Gasteiger partial charge in [-0.05, 0) is 49.4 Å². The van der Waals surface area contributed by atoms with Crippen molar-refractivity contribution in [1.29, 1.82) is 0 Å². The summed E-state index contributed by atoms with van der Waals surface area (Å²) in [6, 6.07) is 15.1. The molecular formula is C20H19FN2. The van der Waals surface area contributed by atoms with E-state index < -0.39 is 0 Å². The minimum absolute atomic E-state index is 0.205. The lowest BCUT2D eigenvalue weighted by molar-refractivity contribution is 0.370. The Hall–Kier alpha value is -2.39. The van der Waals surface area contributed by atoms with Gasteiger partial charge in [0.15, 0.2) is 0 Å². The van der Waals surface area contributed by atoms with Gasteiger partial charge in [0.1, 0.15) is 5.82 Å². The molecule has 1 aliphatic heterocycles. The number of fused-ring (bicyclic) bond motifs is 1. The van der Waals surface area contributed by atoms with Crippen molar-refractivity contribution in [2.45, 2.75) is 6.42 Å². The van der Waals surface area contributed by atoms with Crippen LogP contribution >= 0.6 is 0 Å². The molecule has 0 N–H and O–H groups in total. The van der Waals surface area contributed by atoms with E-state index in [1.807, 2.05) is 12.1 Å². The van der Waals surface area contributed by atoms with Crippen molar-refractivity contribution >= 4 is 16.5 Å². The van der Waals surface area contributed by atoms with Crippen molar-refractivity contribution in [3.63, 3.8) is 0 Å². The molecule has 0 fully saturated rings. The Morgan fingerprint density at radius 2 is 1.78 bits per heavy atom. The van der Waals surface area contributed by atoms with Crippen LogP contribution in [0.4, 0.5) is 4.39 Å². The molecule has 1 aromatic heterocycles. The van der Waals surface area contributed by atoms with Crippen LogP contribution in [0.3, 0.4) is 0 Å². The molecule has 0 unspecified atom stereocenters. The lowest BCUT2D eigenvalue weighted by atomic mass is 9.99. The summed E-state index contributed by atoms with van der Waals surface area (Å²) in [6.45, 7) is 2.08. The maximum atomic E-state index is 13.2. The highest BCUT2D eigenvalue weighted by Gasteiger charge is 2.16. The van der Waals surface area contributed by atoms with E-state index in [-0.39, 0.29) is 5.82 Å². The number of halogens is 1. The van der Waals surface area contributed by atoms with Crippen molar-refractivity contribution in [2.75, 3.05) is 20.1 Å². The zero-order valence-electron chi connectivity index (χ0n) is 13.2. The molecule has 2 nitrogen and oxygen atoms in total. The van der Waals surface area contributed by atoms with Crippen LogP contribution in [-0.2, 0) is 0 Å². The molecule has 2 heterocycles. The predicted octanol–water partition coefficient (Wildman–Crippen LogP) is 4.49. The van der Waals surface area contributed by atoms with Crippen LogP contribution in [0.25, 0.3) is 22.2 Å². The lowest BCUT2D eigenvalue weighted by Crippen LogP contribution is -2.23. The normalized spacial score (nSPS) is 15.8. The summed E-state index contributed by atoms with van der Waals surface area (Å²) in [7, 11) is 2.15. The summed E-state index contributed by atoms with van der Waals surface area (Å²) in [5, 5.41) is 1.26. The fourth-order valence-electron chi connectivity index (χ4n) is 3.27. The zero-order chi connectivity index (χ0) is 15.8. The standard InChI is InChI=1S/C20H19FN2/c1-22-12-10-15(11-13-22)19-14-23(17-8-6-16(21)7-9-17)20-5-3-2-4-18(19)20/h2-10,14H,11-13H2,1H3. The second-order valence-corrected chi connectivity index (χ2v) is 6.15. The summed E-state index contributed by atoms with van der Waals surface area (Å²) in [5.41, 5.74) is 4.84. The van der Waals surface area contributed by atoms with E-state index in [4.69, 9.17) is 0 Å². The fourth-order valence-corrected chi connectivity index (χ4v) is 3.27. The summed E-state index contributed by atoms with van der Waals surface area (Å²) in [5.74, 6) is -0.205. The summed E-state index contributed by atoms with van der Waals surface area (Å²) < 4.78 is 15.4. The summed E-state index contributed by atoms with van der Waals surface area (Å²) in [6.07, 6.45) is 5.57. The molecule has 3 heteroatoms. The maximum absolute atomic E-state index is 13.2. The van der Waals surface area contributed by atoms with Crippen LogP contribution in [0, 0.1) is 5.82 Å². The van der Waals surface area contributed by atoms with Gasteiger partial charge in [0.25, 0.3) is 0 Å². The van der Waals surface area contributed by atoms with E-state index in [0.717, 1.165) is 30.7 Å². The molecule has 0 atom stereocenters. The molecule has 0 saturated carbocycles. The summed E-state index contributed by atoms with van der Waals surface area (Å²) >= 11 is 0. The molecular weight excluding hydrogens is 287 g/mol. The number of benzene rings is 2. The molecule has 0 spiro atoms. The average molecular weight is 306 g/mol. The first-order valence-corrected chi connectivity index (χ1v) is 7.96. The predicted molar refractivity (Wildman–Crippen MR) is 93.3 cm³/mol. The van der Waals surface area contributed by atoms with E-state index in [2.05, 4.69) is 53.1 Å². The third-order valence-electron chi connectivity index (χ3n) is 4.57. The van der Waals surface area contributed by atoms with Gasteiger partial charge in [0, 0.05) is 35.9 Å². The second-order valence-electron chi connectivity index (χ2n) is 6.15. The van der Waals surface area contributed by atoms with Crippen molar-refractivity contribution in [1.82, 2.24) is 9.47 Å². The number of para-hydroxylation sites is 1. The van der Waals surface area contributed by atoms with Crippen LogP contribution in [0.5, 0.6) is 0 Å². The Morgan fingerprint density at radius 1 is 1.00 bits per heavy atom. The van der Waals surface area contributed by atoms with Gasteiger partial charge in [-0.25, -0.2) is 4.39 Å². The molecule has 0 saturated heterocycles. The average Bonchev–Trinajstić information content (AvgIpc) is 2.96. The highest BCUT2D eigenvalue weighted by atomic mass is 19.1. The number of rotatable bonds is 2. The minimum Gasteiger partial charge on any atom is -0.316 e. The number of aromatic nitrogens is 1. The van der Waals surface area contributed by atoms with Crippen LogP contribution in [0.1, 0.15) is 12.0 Å². The molecule has 23 heavy (non-hydrogen) atoms. The van der Waals surface area contributed by atoms with E-state index in [0.29, 0.717) is 0 Å². The Bertz CT molecular complexity index is 874. The fraction of sp³-hybridized carbons (Fsp3) is 0.200. The lowest BCUT2D eigenvalue weighted by Gasteiger charge is -2.21. The molecule has 1 aliphatic rings. The third-order valence-corrected chi connectivity index (χ3v) is 4.57. The van der Waals surface area contributed by atoms with Crippen molar-refractivity contribution in [3.05, 3.63) is 72.2 Å². The molecule has 0 aliphatic carbocycles. The molecule has 0 amide bonds. The summed E-state index contributed by atoms with van der Waals surface area (Å²) in [4.78, 5) is 2.32. The van der Waals surface area contributed by atoms with Gasteiger partial charge in [0.05, 0.1) is 5.52 Å². The smallest absolute Gasteiger partial charge is 0.123 e. The molecule has 0 radical (unpaired) electrons. The Balaban J connectivity index is 1.88. The Morgan fingerprint density at radius 3 is 2.52 bits per heavy atom. The number of hydrogen-bond acceptors (Lipinski definition) is 1. The van der Waals surface area contributed by atoms with Gasteiger partial charge in [-0.3, -0.25) is 0 Å². The first-order valence-electron chi connectivity index (χ1n) is 7.96. The first kappa shape index (κ1) is 14.2. The third kappa shape index (κ3) is 2.57. The molecule has 2 aromatic carbocycles. The maximum Gasteiger partial charge on any atom is 0.123 e. The number of likely N-dealkylation sites (N-methyl/N-ethyl adjacent to an activating group) is 1. The van der Waals surface area contributed by atoms with E-state index >= 15 is 0 Å².